The van der Waals surface area contributed by atoms with Gasteiger partial charge in [0.05, 0.1) is 21.5 Å². The van der Waals surface area contributed by atoms with Crippen LogP contribution in [0.25, 0.3) is 6.08 Å². The molecule has 1 aromatic carbocycles. The Hall–Kier alpha value is -3.98. The largest absolute Gasteiger partial charge is 0.464 e. The van der Waals surface area contributed by atoms with E-state index in [0.717, 1.165) is 29.1 Å². The zero-order valence-corrected chi connectivity index (χ0v) is 22.6. The van der Waals surface area contributed by atoms with Crippen molar-refractivity contribution in [1.29, 1.82) is 0 Å². The van der Waals surface area contributed by atoms with E-state index in [2.05, 4.69) is 10.4 Å². The van der Waals surface area contributed by atoms with Gasteiger partial charge < -0.3 is 9.73 Å². The lowest BCUT2D eigenvalue weighted by Crippen LogP contribution is -2.40. The third kappa shape index (κ3) is 4.29. The molecular weight excluding hydrogens is 486 g/mol. The molecule has 1 atom stereocenters. The molecule has 4 heterocycles. The number of hydrogen-bond donors (Lipinski definition) is 1. The summed E-state index contributed by atoms with van der Waals surface area (Å²) < 4.78 is 10.0. The van der Waals surface area contributed by atoms with E-state index in [-0.39, 0.29) is 11.5 Å². The molecule has 0 saturated carbocycles. The number of carbonyl (C=O) groups is 1. The minimum atomic E-state index is -0.739. The molecule has 8 nitrogen and oxygen atoms in total. The van der Waals surface area contributed by atoms with Gasteiger partial charge in [-0.2, -0.15) is 5.10 Å². The highest BCUT2D eigenvalue weighted by molar-refractivity contribution is 7.07. The number of carbonyl (C=O) groups excluding carboxylic acids is 1. The zero-order valence-electron chi connectivity index (χ0n) is 21.7. The molecule has 1 aliphatic heterocycles. The summed E-state index contributed by atoms with van der Waals surface area (Å²) in [5, 5.41) is 7.59. The van der Waals surface area contributed by atoms with E-state index >= 15 is 0 Å². The molecule has 1 amide bonds. The molecule has 1 N–H and O–H groups in total. The molecule has 0 saturated heterocycles. The van der Waals surface area contributed by atoms with Gasteiger partial charge in [0.25, 0.3) is 11.5 Å². The lowest BCUT2D eigenvalue weighted by molar-refractivity contribution is -0.113. The normalized spacial score (nSPS) is 15.6. The van der Waals surface area contributed by atoms with Gasteiger partial charge in [-0.1, -0.05) is 29.5 Å². The van der Waals surface area contributed by atoms with Crippen LogP contribution in [0.5, 0.6) is 0 Å². The standard InChI is InChI=1S/C28H29N5O3S/c1-7-32-19(6)20(17(4)31-32)14-23-27(35)33-25(22-13-12-16(3)36-22)24(18(5)29-28(33)37-23)26(34)30-21-11-9-8-10-15(21)2/h8-14,25H,7H2,1-6H3,(H,30,34)/b23-14+. The van der Waals surface area contributed by atoms with Crippen LogP contribution in [0, 0.1) is 27.7 Å². The van der Waals surface area contributed by atoms with Crippen molar-refractivity contribution in [2.75, 3.05) is 5.32 Å². The SMILES string of the molecule is CCn1nc(C)c(/C=c2/sc3n(c2=O)C(c2ccc(C)o2)C(C(=O)Nc2ccccc2C)=C(C)N=3)c1C. The van der Waals surface area contributed by atoms with Crippen LogP contribution in [0.15, 0.2) is 61.9 Å². The van der Waals surface area contributed by atoms with Crippen molar-refractivity contribution in [3.63, 3.8) is 0 Å². The Labute approximate surface area is 218 Å². The topological polar surface area (TPSA) is 94.4 Å². The summed E-state index contributed by atoms with van der Waals surface area (Å²) in [4.78, 5) is 32.7. The fourth-order valence-corrected chi connectivity index (χ4v) is 5.77. The number of amides is 1. The Balaban J connectivity index is 1.68. The van der Waals surface area contributed by atoms with Crippen LogP contribution in [-0.4, -0.2) is 20.3 Å². The second-order valence-electron chi connectivity index (χ2n) is 9.20. The number of thiazole rings is 1. The molecule has 0 aliphatic carbocycles. The number of para-hydroxylation sites is 1. The third-order valence-electron chi connectivity index (χ3n) is 6.70. The van der Waals surface area contributed by atoms with Gasteiger partial charge in [-0.3, -0.25) is 18.8 Å². The van der Waals surface area contributed by atoms with Crippen LogP contribution < -0.4 is 20.2 Å². The van der Waals surface area contributed by atoms with Crippen molar-refractivity contribution in [2.45, 2.75) is 54.1 Å². The Morgan fingerprint density at radius 3 is 2.54 bits per heavy atom. The summed E-state index contributed by atoms with van der Waals surface area (Å²) in [5.41, 5.74) is 5.13. The number of anilines is 1. The number of allylic oxidation sites excluding steroid dienone is 1. The molecule has 5 rings (SSSR count). The molecule has 3 aromatic heterocycles. The molecule has 0 spiro atoms. The molecule has 0 fully saturated rings. The van der Waals surface area contributed by atoms with Crippen molar-refractivity contribution in [3.8, 4) is 0 Å². The minimum absolute atomic E-state index is 0.223. The average molecular weight is 516 g/mol. The third-order valence-corrected chi connectivity index (χ3v) is 7.69. The van der Waals surface area contributed by atoms with Gasteiger partial charge >= 0.3 is 0 Å². The molecule has 37 heavy (non-hydrogen) atoms. The van der Waals surface area contributed by atoms with Gasteiger partial charge in [0, 0.05) is 23.5 Å². The lowest BCUT2D eigenvalue weighted by Gasteiger charge is -2.23. The first-order chi connectivity index (χ1) is 17.7. The molecule has 4 aromatic rings. The first-order valence-corrected chi connectivity index (χ1v) is 13.0. The van der Waals surface area contributed by atoms with Crippen LogP contribution in [0.3, 0.4) is 0 Å². The summed E-state index contributed by atoms with van der Waals surface area (Å²) in [6.07, 6.45) is 1.88. The van der Waals surface area contributed by atoms with Crippen molar-refractivity contribution >= 4 is 29.0 Å². The van der Waals surface area contributed by atoms with Gasteiger partial charge in [-0.15, -0.1) is 0 Å². The number of furan rings is 1. The van der Waals surface area contributed by atoms with Crippen LogP contribution in [0.4, 0.5) is 5.69 Å². The van der Waals surface area contributed by atoms with Gasteiger partial charge in [0.1, 0.15) is 17.6 Å². The average Bonchev–Trinajstić information content (AvgIpc) is 3.51. The zero-order chi connectivity index (χ0) is 26.4. The van der Waals surface area contributed by atoms with Crippen molar-refractivity contribution in [3.05, 3.63) is 101 Å². The second kappa shape index (κ2) is 9.48. The van der Waals surface area contributed by atoms with Crippen molar-refractivity contribution in [1.82, 2.24) is 14.3 Å². The van der Waals surface area contributed by atoms with E-state index < -0.39 is 6.04 Å². The number of hydrogen-bond acceptors (Lipinski definition) is 6. The predicted molar refractivity (Wildman–Crippen MR) is 144 cm³/mol. The monoisotopic (exact) mass is 515 g/mol. The highest BCUT2D eigenvalue weighted by Gasteiger charge is 2.34. The highest BCUT2D eigenvalue weighted by atomic mass is 32.1. The quantitative estimate of drug-likeness (QED) is 0.436. The number of aromatic nitrogens is 3. The first-order valence-electron chi connectivity index (χ1n) is 12.2. The number of nitrogens with one attached hydrogen (secondary N) is 1. The second-order valence-corrected chi connectivity index (χ2v) is 10.2. The Morgan fingerprint density at radius 1 is 1.14 bits per heavy atom. The van der Waals surface area contributed by atoms with E-state index in [4.69, 9.17) is 9.41 Å². The summed E-state index contributed by atoms with van der Waals surface area (Å²) in [6.45, 7) is 12.3. The highest BCUT2D eigenvalue weighted by Crippen LogP contribution is 2.32. The first kappa shape index (κ1) is 24.7. The molecule has 9 heteroatoms. The molecular formula is C28H29N5O3S. The van der Waals surface area contributed by atoms with Crippen LogP contribution in [0.1, 0.15) is 53.9 Å². The molecule has 1 unspecified atom stereocenters. The Kier molecular flexibility index (Phi) is 6.33. The van der Waals surface area contributed by atoms with E-state index in [1.807, 2.05) is 81.8 Å². The molecule has 1 aliphatic rings. The summed E-state index contributed by atoms with van der Waals surface area (Å²) in [6, 6.07) is 10.5. The summed E-state index contributed by atoms with van der Waals surface area (Å²) >= 11 is 1.30. The van der Waals surface area contributed by atoms with Crippen molar-refractivity contribution < 1.29 is 9.21 Å². The maximum absolute atomic E-state index is 13.9. The lowest BCUT2D eigenvalue weighted by atomic mass is 10.00. The fourth-order valence-electron chi connectivity index (χ4n) is 4.74. The summed E-state index contributed by atoms with van der Waals surface area (Å²) in [5.74, 6) is 0.893. The van der Waals surface area contributed by atoms with Crippen LogP contribution >= 0.6 is 11.3 Å². The Bertz CT molecular complexity index is 1750. The van der Waals surface area contributed by atoms with E-state index in [9.17, 15) is 9.59 Å². The fraction of sp³-hybridized carbons (Fsp3) is 0.286. The summed E-state index contributed by atoms with van der Waals surface area (Å²) in [7, 11) is 0. The number of fused-ring (bicyclic) bond motifs is 1. The smallest absolute Gasteiger partial charge is 0.271 e. The van der Waals surface area contributed by atoms with Crippen LogP contribution in [0.2, 0.25) is 0 Å². The van der Waals surface area contributed by atoms with Crippen LogP contribution in [-0.2, 0) is 11.3 Å². The molecule has 0 radical (unpaired) electrons. The van der Waals surface area contributed by atoms with Gasteiger partial charge in [0.15, 0.2) is 4.80 Å². The number of benzene rings is 1. The van der Waals surface area contributed by atoms with Gasteiger partial charge in [0.2, 0.25) is 0 Å². The number of rotatable bonds is 5. The number of aryl methyl sites for hydroxylation is 4. The van der Waals surface area contributed by atoms with E-state index in [1.165, 1.54) is 11.3 Å². The Morgan fingerprint density at radius 2 is 1.89 bits per heavy atom. The maximum atomic E-state index is 13.9. The number of nitrogens with zero attached hydrogens (tertiary/aromatic N) is 4. The minimum Gasteiger partial charge on any atom is -0.464 e. The molecule has 190 valence electrons. The van der Waals surface area contributed by atoms with E-state index in [0.29, 0.717) is 37.8 Å². The van der Waals surface area contributed by atoms with Gasteiger partial charge in [-0.25, -0.2) is 4.99 Å². The molecule has 0 bridgehead atoms. The predicted octanol–water partition coefficient (Wildman–Crippen LogP) is 3.92. The van der Waals surface area contributed by atoms with Crippen molar-refractivity contribution in [2.24, 2.45) is 4.99 Å². The van der Waals surface area contributed by atoms with Gasteiger partial charge in [-0.05, 0) is 71.4 Å². The van der Waals surface area contributed by atoms with E-state index in [1.54, 1.807) is 11.5 Å². The maximum Gasteiger partial charge on any atom is 0.271 e.